The Morgan fingerprint density at radius 3 is 2.48 bits per heavy atom. The maximum atomic E-state index is 9.77. The summed E-state index contributed by atoms with van der Waals surface area (Å²) in [5.74, 6) is -0.746. The van der Waals surface area contributed by atoms with Crippen LogP contribution in [0.3, 0.4) is 0 Å². The number of methoxy groups -OCH3 is 1. The monoisotopic (exact) mass is 435 g/mol. The Morgan fingerprint density at radius 2 is 1.87 bits per heavy atom. The van der Waals surface area contributed by atoms with Crippen LogP contribution in [0.25, 0.3) is 0 Å². The van der Waals surface area contributed by atoms with Crippen molar-refractivity contribution >= 4 is 11.9 Å². The van der Waals surface area contributed by atoms with E-state index in [0.717, 1.165) is 17.4 Å². The highest BCUT2D eigenvalue weighted by Gasteiger charge is 2.63. The molecule has 0 radical (unpaired) electrons. The molecule has 31 heavy (non-hydrogen) atoms. The van der Waals surface area contributed by atoms with Gasteiger partial charge >= 0.3 is 11.9 Å². The molecule has 2 aliphatic carbocycles. The van der Waals surface area contributed by atoms with Crippen molar-refractivity contribution in [3.05, 3.63) is 23.3 Å². The maximum absolute atomic E-state index is 9.77. The fraction of sp³-hybridized carbons (Fsp3) is 0.636. The molecular formula is C22H29NO8. The van der Waals surface area contributed by atoms with Crippen LogP contribution in [0.5, 0.6) is 11.5 Å². The van der Waals surface area contributed by atoms with Gasteiger partial charge in [0, 0.05) is 17.0 Å². The lowest BCUT2D eigenvalue weighted by Gasteiger charge is -2.57. The van der Waals surface area contributed by atoms with E-state index in [0.29, 0.717) is 12.1 Å². The van der Waals surface area contributed by atoms with Crippen LogP contribution in [0.2, 0.25) is 0 Å². The zero-order valence-electron chi connectivity index (χ0n) is 17.7. The molecule has 2 fully saturated rings. The Morgan fingerprint density at radius 1 is 1.19 bits per heavy atom. The number of benzene rings is 1. The summed E-state index contributed by atoms with van der Waals surface area (Å²) >= 11 is 0. The number of carboxylic acid groups (broad SMARTS) is 2. The van der Waals surface area contributed by atoms with Gasteiger partial charge in [0.1, 0.15) is 6.10 Å². The molecule has 6 unspecified atom stereocenters. The van der Waals surface area contributed by atoms with Crippen molar-refractivity contribution in [2.75, 3.05) is 20.7 Å². The molecule has 6 atom stereocenters. The van der Waals surface area contributed by atoms with E-state index >= 15 is 0 Å². The van der Waals surface area contributed by atoms with Gasteiger partial charge in [0.2, 0.25) is 0 Å². The van der Waals surface area contributed by atoms with Crippen molar-refractivity contribution in [3.8, 4) is 11.5 Å². The second-order valence-electron chi connectivity index (χ2n) is 8.88. The Bertz CT molecular complexity index is 871. The van der Waals surface area contributed by atoms with E-state index in [-0.39, 0.29) is 5.41 Å². The van der Waals surface area contributed by atoms with Gasteiger partial charge < -0.3 is 34.8 Å². The number of aliphatic hydroxyl groups excluding tert-OH is 2. The third kappa shape index (κ3) is 3.26. The molecule has 1 saturated heterocycles. The number of aliphatic carboxylic acids is 2. The van der Waals surface area contributed by atoms with Crippen LogP contribution >= 0.6 is 0 Å². The molecule has 2 heterocycles. The number of ether oxygens (including phenoxy) is 2. The van der Waals surface area contributed by atoms with E-state index < -0.39 is 24.1 Å². The van der Waals surface area contributed by atoms with Gasteiger partial charge in [-0.05, 0) is 63.2 Å². The first kappa shape index (κ1) is 21.9. The van der Waals surface area contributed by atoms with Crippen LogP contribution in [-0.4, -0.2) is 82.3 Å². The van der Waals surface area contributed by atoms with E-state index in [1.54, 1.807) is 7.11 Å². The van der Waals surface area contributed by atoms with E-state index in [4.69, 9.17) is 29.9 Å². The van der Waals surface area contributed by atoms with Crippen LogP contribution in [0.15, 0.2) is 12.1 Å². The normalized spacial score (nSPS) is 31.9. The number of hydrogen-bond acceptors (Lipinski definition) is 7. The highest BCUT2D eigenvalue weighted by molar-refractivity contribution is 5.83. The minimum atomic E-state index is -2.27. The number of carboxylic acids is 2. The van der Waals surface area contributed by atoms with Gasteiger partial charge in [-0.1, -0.05) is 6.07 Å². The van der Waals surface area contributed by atoms with Gasteiger partial charge in [0.15, 0.2) is 23.7 Å². The minimum absolute atomic E-state index is 0.285. The first-order chi connectivity index (χ1) is 14.7. The van der Waals surface area contributed by atoms with Crippen molar-refractivity contribution in [2.45, 2.75) is 61.9 Å². The molecule has 1 saturated carbocycles. The van der Waals surface area contributed by atoms with E-state index in [1.807, 2.05) is 0 Å². The summed E-state index contributed by atoms with van der Waals surface area (Å²) in [6.07, 6.45) is 2.18. The Labute approximate surface area is 180 Å². The van der Waals surface area contributed by atoms with Gasteiger partial charge in [0.05, 0.1) is 7.11 Å². The molecule has 4 aliphatic rings. The van der Waals surface area contributed by atoms with Crippen molar-refractivity contribution < 1.29 is 39.5 Å². The summed E-state index contributed by atoms with van der Waals surface area (Å²) in [5.41, 5.74) is 3.33. The third-order valence-corrected chi connectivity index (χ3v) is 7.51. The van der Waals surface area contributed by atoms with Crippen molar-refractivity contribution in [1.29, 1.82) is 0 Å². The number of likely N-dealkylation sites (N-methyl/N-ethyl adjacent to an activating group) is 1. The van der Waals surface area contributed by atoms with Crippen molar-refractivity contribution in [3.63, 3.8) is 0 Å². The first-order valence-electron chi connectivity index (χ1n) is 10.6. The zero-order chi connectivity index (χ0) is 22.5. The molecule has 1 aromatic rings. The summed E-state index contributed by atoms with van der Waals surface area (Å²) in [6.45, 7) is 1.21. The Kier molecular flexibility index (Phi) is 5.61. The number of piperidine rings is 1. The zero-order valence-corrected chi connectivity index (χ0v) is 17.7. The molecule has 1 aromatic carbocycles. The molecule has 5 rings (SSSR count). The third-order valence-electron chi connectivity index (χ3n) is 7.51. The molecule has 9 heteroatoms. The van der Waals surface area contributed by atoms with Gasteiger partial charge in [-0.15, -0.1) is 0 Å². The fourth-order valence-electron chi connectivity index (χ4n) is 6.13. The molecule has 2 bridgehead atoms. The van der Waals surface area contributed by atoms with Crippen LogP contribution in [0, 0.1) is 5.92 Å². The molecule has 1 spiro atoms. The number of aliphatic hydroxyl groups is 2. The molecular weight excluding hydrogens is 406 g/mol. The van der Waals surface area contributed by atoms with E-state index in [1.165, 1.54) is 49.8 Å². The summed E-state index contributed by atoms with van der Waals surface area (Å²) in [5, 5.41) is 32.5. The molecule has 170 valence electrons. The number of nitrogens with zero attached hydrogens (tertiary/aromatic N) is 1. The SMILES string of the molecule is COc1ccc2c3c1OC1CCCC4C(C2)N(C)CCC314.O=C(O)C(O)C(O)C(=O)O. The predicted molar refractivity (Wildman–Crippen MR) is 108 cm³/mol. The van der Waals surface area contributed by atoms with E-state index in [2.05, 4.69) is 24.1 Å². The highest BCUT2D eigenvalue weighted by Crippen LogP contribution is 2.63. The topological polar surface area (TPSA) is 137 Å². The molecule has 9 nitrogen and oxygen atoms in total. The van der Waals surface area contributed by atoms with Crippen molar-refractivity contribution in [2.24, 2.45) is 5.92 Å². The number of hydrogen-bond donors (Lipinski definition) is 4. The molecule has 0 aromatic heterocycles. The van der Waals surface area contributed by atoms with Crippen LogP contribution in [0.4, 0.5) is 0 Å². The Hall–Kier alpha value is -2.36. The standard InChI is InChI=1S/C18H23NO2.C4H6O6/c1-19-9-8-18-12-4-3-5-15(18)21-17-14(20-2)7-6-11(16(17)18)10-13(12)19;5-1(3(7)8)2(6)4(9)10/h6-7,12-13,15H,3-5,8-10H2,1-2H3;1-2,5-6H,(H,7,8)(H,9,10). The minimum Gasteiger partial charge on any atom is -0.493 e. The highest BCUT2D eigenvalue weighted by atomic mass is 16.5. The second kappa shape index (κ2) is 7.96. The van der Waals surface area contributed by atoms with Crippen molar-refractivity contribution in [1.82, 2.24) is 4.90 Å². The second-order valence-corrected chi connectivity index (χ2v) is 8.88. The number of likely N-dealkylation sites (tertiary alicyclic amines) is 1. The smallest absolute Gasteiger partial charge is 0.335 e. The molecule has 4 N–H and O–H groups in total. The van der Waals surface area contributed by atoms with Gasteiger partial charge in [-0.3, -0.25) is 0 Å². The molecule has 0 amide bonds. The van der Waals surface area contributed by atoms with Crippen LogP contribution < -0.4 is 9.47 Å². The first-order valence-corrected chi connectivity index (χ1v) is 10.6. The quantitative estimate of drug-likeness (QED) is 0.537. The summed E-state index contributed by atoms with van der Waals surface area (Å²) in [7, 11) is 4.07. The van der Waals surface area contributed by atoms with Crippen LogP contribution in [-0.2, 0) is 21.4 Å². The lowest BCUT2D eigenvalue weighted by Crippen LogP contribution is -2.63. The summed E-state index contributed by atoms with van der Waals surface area (Å²) in [4.78, 5) is 22.1. The largest absolute Gasteiger partial charge is 0.493 e. The Balaban J connectivity index is 0.000000199. The predicted octanol–water partition coefficient (Wildman–Crippen LogP) is 0.632. The lowest BCUT2D eigenvalue weighted by atomic mass is 9.52. The summed E-state index contributed by atoms with van der Waals surface area (Å²) < 4.78 is 12.1. The van der Waals surface area contributed by atoms with Gasteiger partial charge in [-0.25, -0.2) is 9.59 Å². The average Bonchev–Trinajstić information content (AvgIpc) is 3.09. The fourth-order valence-corrected chi connectivity index (χ4v) is 6.13. The van der Waals surface area contributed by atoms with Gasteiger partial charge in [0.25, 0.3) is 0 Å². The summed E-state index contributed by atoms with van der Waals surface area (Å²) in [6, 6.07) is 5.11. The maximum Gasteiger partial charge on any atom is 0.335 e. The molecule has 2 aliphatic heterocycles. The number of carbonyl (C=O) groups is 2. The number of rotatable bonds is 4. The van der Waals surface area contributed by atoms with E-state index in [9.17, 15) is 9.59 Å². The average molecular weight is 435 g/mol. The van der Waals surface area contributed by atoms with Gasteiger partial charge in [-0.2, -0.15) is 0 Å². The lowest BCUT2D eigenvalue weighted by molar-refractivity contribution is -0.165. The van der Waals surface area contributed by atoms with Crippen LogP contribution in [0.1, 0.15) is 36.8 Å².